The van der Waals surface area contributed by atoms with Crippen LogP contribution in [0.2, 0.25) is 0 Å². The van der Waals surface area contributed by atoms with Crippen LogP contribution in [0.25, 0.3) is 0 Å². The van der Waals surface area contributed by atoms with E-state index < -0.39 is 0 Å². The molecular weight excluding hydrogens is 174 g/mol. The lowest BCUT2D eigenvalue weighted by Gasteiger charge is -2.09. The molecule has 2 nitrogen and oxygen atoms in total. The molecule has 0 fully saturated rings. The first-order chi connectivity index (χ1) is 6.77. The van der Waals surface area contributed by atoms with Crippen molar-refractivity contribution in [1.82, 2.24) is 4.90 Å². The van der Waals surface area contributed by atoms with E-state index in [1.807, 2.05) is 14.1 Å². The third-order valence-electron chi connectivity index (χ3n) is 2.24. The first-order valence-electron chi connectivity index (χ1n) is 6.00. The fourth-order valence-corrected chi connectivity index (χ4v) is 1.41. The zero-order valence-corrected chi connectivity index (χ0v) is 10.2. The fourth-order valence-electron chi connectivity index (χ4n) is 1.41. The van der Waals surface area contributed by atoms with E-state index in [0.717, 1.165) is 13.3 Å². The molecule has 0 atom stereocenters. The molecule has 14 heavy (non-hydrogen) atoms. The van der Waals surface area contributed by atoms with E-state index in [4.69, 9.17) is 4.74 Å². The van der Waals surface area contributed by atoms with Gasteiger partial charge in [-0.05, 0) is 20.5 Å². The standard InChI is InChI=1S/C12H27NO/c1-4-5-6-7-8-9-10-11-14-12-13(2)3/h4-12H2,1-3H3. The molecule has 0 aromatic carbocycles. The van der Waals surface area contributed by atoms with E-state index in [9.17, 15) is 0 Å². The maximum atomic E-state index is 5.45. The normalized spacial score (nSPS) is 11.1. The SMILES string of the molecule is CCCCCCCCCOCN(C)C. The summed E-state index contributed by atoms with van der Waals surface area (Å²) in [6.45, 7) is 3.94. The van der Waals surface area contributed by atoms with Crippen LogP contribution in [0.5, 0.6) is 0 Å². The molecular formula is C12H27NO. The van der Waals surface area contributed by atoms with Gasteiger partial charge in [0.05, 0.1) is 6.73 Å². The molecule has 0 aromatic rings. The molecule has 0 spiro atoms. The average molecular weight is 201 g/mol. The molecule has 0 amide bonds. The second-order valence-corrected chi connectivity index (χ2v) is 4.24. The van der Waals surface area contributed by atoms with Crippen molar-refractivity contribution in [2.75, 3.05) is 27.4 Å². The number of unbranched alkanes of at least 4 members (excludes halogenated alkanes) is 6. The molecule has 0 radical (unpaired) electrons. The number of rotatable bonds is 10. The summed E-state index contributed by atoms with van der Waals surface area (Å²) in [4.78, 5) is 2.06. The highest BCUT2D eigenvalue weighted by Crippen LogP contribution is 2.06. The highest BCUT2D eigenvalue weighted by Gasteiger charge is 1.92. The summed E-state index contributed by atoms with van der Waals surface area (Å²) in [5.74, 6) is 0. The van der Waals surface area contributed by atoms with Crippen molar-refractivity contribution in [1.29, 1.82) is 0 Å². The Bertz CT molecular complexity index is 104. The zero-order chi connectivity index (χ0) is 10.6. The van der Waals surface area contributed by atoms with Crippen molar-refractivity contribution >= 4 is 0 Å². The summed E-state index contributed by atoms with van der Waals surface area (Å²) in [6, 6.07) is 0. The van der Waals surface area contributed by atoms with Gasteiger partial charge in [0.15, 0.2) is 0 Å². The van der Waals surface area contributed by atoms with Gasteiger partial charge in [-0.3, -0.25) is 4.90 Å². The number of ether oxygens (including phenoxy) is 1. The van der Waals surface area contributed by atoms with Gasteiger partial charge < -0.3 is 4.74 Å². The molecule has 86 valence electrons. The highest BCUT2D eigenvalue weighted by atomic mass is 16.5. The second kappa shape index (κ2) is 11.0. The van der Waals surface area contributed by atoms with Gasteiger partial charge in [0.1, 0.15) is 0 Å². The van der Waals surface area contributed by atoms with Gasteiger partial charge in [-0.15, -0.1) is 0 Å². The summed E-state index contributed by atoms with van der Waals surface area (Å²) in [5, 5.41) is 0. The zero-order valence-electron chi connectivity index (χ0n) is 10.2. The highest BCUT2D eigenvalue weighted by molar-refractivity contribution is 4.44. The Morgan fingerprint density at radius 2 is 1.43 bits per heavy atom. The molecule has 0 aliphatic heterocycles. The third-order valence-corrected chi connectivity index (χ3v) is 2.24. The Labute approximate surface area is 89.6 Å². The van der Waals surface area contributed by atoms with Crippen LogP contribution in [0.4, 0.5) is 0 Å². The minimum Gasteiger partial charge on any atom is -0.366 e. The van der Waals surface area contributed by atoms with Crippen molar-refractivity contribution in [2.45, 2.75) is 51.9 Å². The maximum absolute atomic E-state index is 5.45. The second-order valence-electron chi connectivity index (χ2n) is 4.24. The molecule has 2 heteroatoms. The minimum atomic E-state index is 0.760. The Hall–Kier alpha value is -0.0800. The van der Waals surface area contributed by atoms with Crippen molar-refractivity contribution in [3.8, 4) is 0 Å². The van der Waals surface area contributed by atoms with Gasteiger partial charge in [-0.25, -0.2) is 0 Å². The molecule has 0 aromatic heterocycles. The molecule has 0 heterocycles. The first-order valence-corrected chi connectivity index (χ1v) is 6.00. The van der Waals surface area contributed by atoms with E-state index in [-0.39, 0.29) is 0 Å². The molecule has 0 bridgehead atoms. The number of hydrogen-bond donors (Lipinski definition) is 0. The first kappa shape index (κ1) is 13.9. The molecule has 0 aliphatic carbocycles. The Morgan fingerprint density at radius 3 is 2.00 bits per heavy atom. The van der Waals surface area contributed by atoms with Crippen LogP contribution in [0, 0.1) is 0 Å². The van der Waals surface area contributed by atoms with E-state index in [2.05, 4.69) is 11.8 Å². The van der Waals surface area contributed by atoms with Crippen molar-refractivity contribution in [3.05, 3.63) is 0 Å². The summed E-state index contributed by atoms with van der Waals surface area (Å²) in [6.07, 6.45) is 9.49. The molecule has 0 unspecified atom stereocenters. The van der Waals surface area contributed by atoms with Gasteiger partial charge >= 0.3 is 0 Å². The van der Waals surface area contributed by atoms with Gasteiger partial charge in [-0.1, -0.05) is 45.4 Å². The van der Waals surface area contributed by atoms with E-state index in [1.54, 1.807) is 0 Å². The lowest BCUT2D eigenvalue weighted by atomic mass is 10.1. The quantitative estimate of drug-likeness (QED) is 0.397. The van der Waals surface area contributed by atoms with Crippen LogP contribution in [0.1, 0.15) is 51.9 Å². The monoisotopic (exact) mass is 201 g/mol. The Kier molecular flexibility index (Phi) is 10.9. The predicted octanol–water partition coefficient (Wildman–Crippen LogP) is 3.27. The fraction of sp³-hybridized carbons (Fsp3) is 1.00. The van der Waals surface area contributed by atoms with Crippen LogP contribution < -0.4 is 0 Å². The lowest BCUT2D eigenvalue weighted by molar-refractivity contribution is 0.0539. The van der Waals surface area contributed by atoms with Gasteiger partial charge in [0, 0.05) is 6.61 Å². The van der Waals surface area contributed by atoms with Crippen molar-refractivity contribution in [2.24, 2.45) is 0 Å². The van der Waals surface area contributed by atoms with Gasteiger partial charge in [0.2, 0.25) is 0 Å². The summed E-state index contributed by atoms with van der Waals surface area (Å²) in [7, 11) is 4.06. The number of nitrogens with zero attached hydrogens (tertiary/aromatic N) is 1. The summed E-state index contributed by atoms with van der Waals surface area (Å²) < 4.78 is 5.45. The summed E-state index contributed by atoms with van der Waals surface area (Å²) in [5.41, 5.74) is 0. The van der Waals surface area contributed by atoms with Crippen LogP contribution in [0.3, 0.4) is 0 Å². The van der Waals surface area contributed by atoms with Crippen LogP contribution >= 0.6 is 0 Å². The number of hydrogen-bond acceptors (Lipinski definition) is 2. The van der Waals surface area contributed by atoms with E-state index >= 15 is 0 Å². The van der Waals surface area contributed by atoms with Crippen LogP contribution in [-0.2, 0) is 4.74 Å². The minimum absolute atomic E-state index is 0.760. The maximum Gasteiger partial charge on any atom is 0.0985 e. The molecule has 0 rings (SSSR count). The van der Waals surface area contributed by atoms with E-state index in [1.165, 1.54) is 44.9 Å². The Balaban J connectivity index is 2.85. The third kappa shape index (κ3) is 11.9. The van der Waals surface area contributed by atoms with Crippen LogP contribution in [0.15, 0.2) is 0 Å². The molecule has 0 saturated carbocycles. The smallest absolute Gasteiger partial charge is 0.0985 e. The Morgan fingerprint density at radius 1 is 0.857 bits per heavy atom. The predicted molar refractivity (Wildman–Crippen MR) is 62.5 cm³/mol. The molecule has 0 N–H and O–H groups in total. The lowest BCUT2D eigenvalue weighted by Crippen LogP contribution is -2.16. The largest absolute Gasteiger partial charge is 0.366 e. The van der Waals surface area contributed by atoms with Gasteiger partial charge in [-0.2, -0.15) is 0 Å². The van der Waals surface area contributed by atoms with Gasteiger partial charge in [0.25, 0.3) is 0 Å². The van der Waals surface area contributed by atoms with Crippen LogP contribution in [-0.4, -0.2) is 32.3 Å². The van der Waals surface area contributed by atoms with E-state index in [0.29, 0.717) is 0 Å². The average Bonchev–Trinajstić information content (AvgIpc) is 2.15. The molecule has 0 aliphatic rings. The topological polar surface area (TPSA) is 12.5 Å². The molecule has 0 saturated heterocycles. The van der Waals surface area contributed by atoms with Crippen molar-refractivity contribution < 1.29 is 4.74 Å². The van der Waals surface area contributed by atoms with Crippen molar-refractivity contribution in [3.63, 3.8) is 0 Å². The summed E-state index contributed by atoms with van der Waals surface area (Å²) >= 11 is 0.